The Balaban J connectivity index is 2.16. The minimum absolute atomic E-state index is 0.0769. The Morgan fingerprint density at radius 1 is 1.38 bits per heavy atom. The fourth-order valence-corrected chi connectivity index (χ4v) is 2.62. The van der Waals surface area contributed by atoms with Gasteiger partial charge < -0.3 is 0 Å². The van der Waals surface area contributed by atoms with Gasteiger partial charge in [0, 0.05) is 23.7 Å². The molecule has 114 valence electrons. The summed E-state index contributed by atoms with van der Waals surface area (Å²) in [5, 5.41) is 12.6. The standard InChI is InChI=1S/C14H18FN3O3/c1-9-4-3-5-10(2)17(9)16-14(19)11-6-7-12(15)13(8-11)18(20)21/h6-10H,3-5H2,1-2H3,(H,16,19). The lowest BCUT2D eigenvalue weighted by Gasteiger charge is -2.38. The van der Waals surface area contributed by atoms with Gasteiger partial charge in [-0.05, 0) is 38.8 Å². The van der Waals surface area contributed by atoms with Crippen molar-refractivity contribution in [1.29, 1.82) is 0 Å². The maximum absolute atomic E-state index is 13.3. The Morgan fingerprint density at radius 2 is 2.00 bits per heavy atom. The van der Waals surface area contributed by atoms with Crippen molar-refractivity contribution in [2.75, 3.05) is 0 Å². The molecule has 2 rings (SSSR count). The van der Waals surface area contributed by atoms with Gasteiger partial charge >= 0.3 is 5.69 Å². The van der Waals surface area contributed by atoms with Crippen LogP contribution in [0.1, 0.15) is 43.5 Å². The van der Waals surface area contributed by atoms with Crippen LogP contribution in [0.5, 0.6) is 0 Å². The number of benzene rings is 1. The molecule has 7 heteroatoms. The molecule has 1 aromatic rings. The van der Waals surface area contributed by atoms with Crippen LogP contribution in [0.2, 0.25) is 0 Å². The Bertz CT molecular complexity index is 554. The molecule has 1 N–H and O–H groups in total. The first kappa shape index (κ1) is 15.4. The second kappa shape index (κ2) is 6.17. The Hall–Kier alpha value is -2.02. The SMILES string of the molecule is CC1CCCC(C)N1NC(=O)c1ccc(F)c([N+](=O)[O-])c1. The van der Waals surface area contributed by atoms with Crippen molar-refractivity contribution in [2.45, 2.75) is 45.2 Å². The minimum atomic E-state index is -0.948. The highest BCUT2D eigenvalue weighted by Gasteiger charge is 2.27. The van der Waals surface area contributed by atoms with Gasteiger partial charge in [-0.1, -0.05) is 6.42 Å². The van der Waals surface area contributed by atoms with Crippen molar-refractivity contribution in [3.05, 3.63) is 39.7 Å². The second-order valence-electron chi connectivity index (χ2n) is 5.40. The predicted octanol–water partition coefficient (Wildman–Crippen LogP) is 2.64. The molecule has 2 unspecified atom stereocenters. The number of carbonyl (C=O) groups is 1. The molecule has 1 aliphatic heterocycles. The monoisotopic (exact) mass is 295 g/mol. The summed E-state index contributed by atoms with van der Waals surface area (Å²) in [6.07, 6.45) is 3.07. The van der Waals surface area contributed by atoms with Gasteiger partial charge in [0.2, 0.25) is 5.82 Å². The predicted molar refractivity (Wildman–Crippen MR) is 75.1 cm³/mol. The van der Waals surface area contributed by atoms with Crippen molar-refractivity contribution in [3.63, 3.8) is 0 Å². The zero-order valence-electron chi connectivity index (χ0n) is 12.0. The summed E-state index contributed by atoms with van der Waals surface area (Å²) in [6.45, 7) is 4.03. The number of nitrogens with zero attached hydrogens (tertiary/aromatic N) is 2. The number of amides is 1. The van der Waals surface area contributed by atoms with Gasteiger partial charge in [0.05, 0.1) is 4.92 Å². The van der Waals surface area contributed by atoms with Crippen LogP contribution in [0.25, 0.3) is 0 Å². The summed E-state index contributed by atoms with van der Waals surface area (Å²) < 4.78 is 13.3. The van der Waals surface area contributed by atoms with Crippen LogP contribution in [0.4, 0.5) is 10.1 Å². The molecule has 1 fully saturated rings. The summed E-state index contributed by atoms with van der Waals surface area (Å²) >= 11 is 0. The van der Waals surface area contributed by atoms with Crippen LogP contribution >= 0.6 is 0 Å². The van der Waals surface area contributed by atoms with E-state index in [2.05, 4.69) is 5.43 Å². The largest absolute Gasteiger partial charge is 0.305 e. The Morgan fingerprint density at radius 3 is 2.57 bits per heavy atom. The lowest BCUT2D eigenvalue weighted by molar-refractivity contribution is -0.387. The molecule has 21 heavy (non-hydrogen) atoms. The van der Waals surface area contributed by atoms with Gasteiger partial charge in [-0.15, -0.1) is 0 Å². The van der Waals surface area contributed by atoms with Crippen molar-refractivity contribution in [2.24, 2.45) is 0 Å². The summed E-state index contributed by atoms with van der Waals surface area (Å²) in [5.41, 5.74) is 2.15. The molecule has 6 nitrogen and oxygen atoms in total. The first-order valence-corrected chi connectivity index (χ1v) is 6.93. The number of rotatable bonds is 3. The van der Waals surface area contributed by atoms with Gasteiger partial charge in [-0.2, -0.15) is 4.39 Å². The highest BCUT2D eigenvalue weighted by molar-refractivity contribution is 5.94. The normalized spacial score (nSPS) is 22.8. The molecule has 2 atom stereocenters. The zero-order valence-corrected chi connectivity index (χ0v) is 12.0. The molecule has 0 bridgehead atoms. The van der Waals surface area contributed by atoms with Gasteiger partial charge in [-0.3, -0.25) is 20.3 Å². The molecule has 0 saturated carbocycles. The lowest BCUT2D eigenvalue weighted by Crippen LogP contribution is -2.54. The smallest absolute Gasteiger partial charge is 0.284 e. The molecule has 1 aromatic carbocycles. The molecule has 0 aliphatic carbocycles. The van der Waals surface area contributed by atoms with Crippen molar-refractivity contribution in [3.8, 4) is 0 Å². The van der Waals surface area contributed by atoms with E-state index >= 15 is 0 Å². The fraction of sp³-hybridized carbons (Fsp3) is 0.500. The minimum Gasteiger partial charge on any atom is -0.284 e. The molecular weight excluding hydrogens is 277 g/mol. The number of nitro benzene ring substituents is 1. The summed E-state index contributed by atoms with van der Waals surface area (Å²) in [5.74, 6) is -1.41. The first-order chi connectivity index (χ1) is 9.90. The zero-order chi connectivity index (χ0) is 15.6. The summed E-state index contributed by atoms with van der Waals surface area (Å²) in [7, 11) is 0. The van der Waals surface area contributed by atoms with Crippen molar-refractivity contribution < 1.29 is 14.1 Å². The van der Waals surface area contributed by atoms with Gasteiger partial charge in [0.25, 0.3) is 5.91 Å². The van der Waals surface area contributed by atoms with E-state index in [1.54, 1.807) is 0 Å². The molecule has 0 spiro atoms. The van der Waals surface area contributed by atoms with E-state index in [4.69, 9.17) is 0 Å². The maximum atomic E-state index is 13.3. The van der Waals surface area contributed by atoms with E-state index in [0.29, 0.717) is 0 Å². The number of hydrazine groups is 1. The molecule has 1 heterocycles. The molecule has 1 aliphatic rings. The van der Waals surface area contributed by atoms with Gasteiger partial charge in [-0.25, -0.2) is 5.01 Å². The fourth-order valence-electron chi connectivity index (χ4n) is 2.62. The molecule has 0 aromatic heterocycles. The number of nitro groups is 1. The number of carbonyl (C=O) groups excluding carboxylic acids is 1. The Kier molecular flexibility index (Phi) is 4.52. The van der Waals surface area contributed by atoms with E-state index in [0.717, 1.165) is 31.4 Å². The van der Waals surface area contributed by atoms with E-state index in [9.17, 15) is 19.3 Å². The van der Waals surface area contributed by atoms with Crippen molar-refractivity contribution >= 4 is 11.6 Å². The third-order valence-electron chi connectivity index (χ3n) is 3.83. The average molecular weight is 295 g/mol. The number of hydrogen-bond donors (Lipinski definition) is 1. The number of hydrogen-bond acceptors (Lipinski definition) is 4. The third kappa shape index (κ3) is 3.36. The van der Waals surface area contributed by atoms with Crippen LogP contribution in [0, 0.1) is 15.9 Å². The van der Waals surface area contributed by atoms with Crippen LogP contribution in [0.3, 0.4) is 0 Å². The van der Waals surface area contributed by atoms with E-state index in [-0.39, 0.29) is 17.6 Å². The van der Waals surface area contributed by atoms with Crippen LogP contribution in [-0.4, -0.2) is 27.9 Å². The molecular formula is C14H18FN3O3. The lowest BCUT2D eigenvalue weighted by atomic mass is 10.00. The van der Waals surface area contributed by atoms with Gasteiger partial charge in [0.1, 0.15) is 0 Å². The number of halogens is 1. The topological polar surface area (TPSA) is 75.5 Å². The number of piperidine rings is 1. The quantitative estimate of drug-likeness (QED) is 0.687. The van der Waals surface area contributed by atoms with Crippen LogP contribution < -0.4 is 5.43 Å². The summed E-state index contributed by atoms with van der Waals surface area (Å²) in [6, 6.07) is 3.55. The van der Waals surface area contributed by atoms with E-state index in [1.165, 1.54) is 6.07 Å². The highest BCUT2D eigenvalue weighted by Crippen LogP contribution is 2.22. The average Bonchev–Trinajstić information content (AvgIpc) is 2.43. The molecule has 1 amide bonds. The maximum Gasteiger partial charge on any atom is 0.305 e. The van der Waals surface area contributed by atoms with E-state index < -0.39 is 22.3 Å². The van der Waals surface area contributed by atoms with Gasteiger partial charge in [0.15, 0.2) is 0 Å². The van der Waals surface area contributed by atoms with Crippen LogP contribution in [0.15, 0.2) is 18.2 Å². The van der Waals surface area contributed by atoms with Crippen LogP contribution in [-0.2, 0) is 0 Å². The van der Waals surface area contributed by atoms with Crippen molar-refractivity contribution in [1.82, 2.24) is 10.4 Å². The Labute approximate surface area is 122 Å². The molecule has 1 saturated heterocycles. The highest BCUT2D eigenvalue weighted by atomic mass is 19.1. The number of nitrogens with one attached hydrogen (secondary N) is 1. The molecule has 0 radical (unpaired) electrons. The van der Waals surface area contributed by atoms with E-state index in [1.807, 2.05) is 18.9 Å². The third-order valence-corrected chi connectivity index (χ3v) is 3.83. The second-order valence-corrected chi connectivity index (χ2v) is 5.40. The first-order valence-electron chi connectivity index (χ1n) is 6.93. The summed E-state index contributed by atoms with van der Waals surface area (Å²) in [4.78, 5) is 22.1.